The molecular weight excluding hydrogens is 679 g/mol. The molecule has 3 nitrogen and oxygen atoms in total. The molecule has 3 heteroatoms. The van der Waals surface area contributed by atoms with Crippen molar-refractivity contribution < 1.29 is 0 Å². The number of pyridine rings is 1. The molecule has 0 N–H and O–H groups in total. The van der Waals surface area contributed by atoms with E-state index in [-0.39, 0.29) is 0 Å². The second-order valence-electron chi connectivity index (χ2n) is 14.0. The van der Waals surface area contributed by atoms with Gasteiger partial charge in [0, 0.05) is 33.5 Å². The van der Waals surface area contributed by atoms with Crippen molar-refractivity contribution in [2.24, 2.45) is 0 Å². The maximum atomic E-state index is 5.52. The van der Waals surface area contributed by atoms with Crippen LogP contribution in [-0.4, -0.2) is 9.61 Å². The van der Waals surface area contributed by atoms with E-state index in [4.69, 9.17) is 5.10 Å². The summed E-state index contributed by atoms with van der Waals surface area (Å²) in [5.74, 6) is 0. The van der Waals surface area contributed by atoms with Gasteiger partial charge in [0.2, 0.25) is 0 Å². The minimum Gasteiger partial charge on any atom is -0.310 e. The standard InChI is InChI=1S/C53H37N3/c1-6-17-38(18-7-1)40-29-33-46(34-30-40)55(47-35-31-41(32-36-47)39-19-8-2-9-20-39)48-28-16-27-45-37-49(42-21-10-3-11-22-42)56-53(50(45)48)51(43-23-12-4-13-24-43)52(54-56)44-25-14-5-15-26-44/h1-37H. The zero-order valence-electron chi connectivity index (χ0n) is 30.7. The number of fused-ring (bicyclic) bond motifs is 3. The fourth-order valence-electron chi connectivity index (χ4n) is 7.94. The summed E-state index contributed by atoms with van der Waals surface area (Å²) in [6, 6.07) is 79.9. The molecule has 10 rings (SSSR count). The first-order valence-corrected chi connectivity index (χ1v) is 19.1. The van der Waals surface area contributed by atoms with Gasteiger partial charge >= 0.3 is 0 Å². The molecular formula is C53H37N3. The minimum absolute atomic E-state index is 0.947. The predicted octanol–water partition coefficient (Wildman–Crippen LogP) is 14.3. The first kappa shape index (κ1) is 33.1. The Bertz CT molecular complexity index is 2820. The van der Waals surface area contributed by atoms with Gasteiger partial charge < -0.3 is 4.90 Å². The first-order chi connectivity index (χ1) is 27.8. The molecule has 0 radical (unpaired) electrons. The van der Waals surface area contributed by atoms with Crippen molar-refractivity contribution in [1.29, 1.82) is 0 Å². The lowest BCUT2D eigenvalue weighted by Crippen LogP contribution is -2.11. The third kappa shape index (κ3) is 6.02. The highest BCUT2D eigenvalue weighted by molar-refractivity contribution is 6.15. The monoisotopic (exact) mass is 715 g/mol. The average molecular weight is 716 g/mol. The second kappa shape index (κ2) is 14.4. The third-order valence-electron chi connectivity index (χ3n) is 10.6. The number of anilines is 3. The zero-order valence-corrected chi connectivity index (χ0v) is 30.7. The van der Waals surface area contributed by atoms with E-state index in [1.165, 1.54) is 22.3 Å². The van der Waals surface area contributed by atoms with Gasteiger partial charge in [0.15, 0.2) is 0 Å². The van der Waals surface area contributed by atoms with Gasteiger partial charge in [-0.15, -0.1) is 0 Å². The molecule has 0 unspecified atom stereocenters. The van der Waals surface area contributed by atoms with Crippen LogP contribution < -0.4 is 4.90 Å². The Balaban J connectivity index is 1.28. The summed E-state index contributed by atoms with van der Waals surface area (Å²) in [5, 5.41) is 7.78. The fourth-order valence-corrected chi connectivity index (χ4v) is 7.94. The van der Waals surface area contributed by atoms with Crippen molar-refractivity contribution in [1.82, 2.24) is 9.61 Å². The summed E-state index contributed by atoms with van der Waals surface area (Å²) in [6.45, 7) is 0. The number of nitrogens with zero attached hydrogens (tertiary/aromatic N) is 3. The molecule has 8 aromatic carbocycles. The number of rotatable bonds is 8. The number of hydrogen-bond acceptors (Lipinski definition) is 2. The molecule has 264 valence electrons. The van der Waals surface area contributed by atoms with Crippen LogP contribution in [0.25, 0.3) is 72.2 Å². The highest BCUT2D eigenvalue weighted by Gasteiger charge is 2.25. The van der Waals surface area contributed by atoms with Crippen LogP contribution in [0.3, 0.4) is 0 Å². The molecule has 0 amide bonds. The van der Waals surface area contributed by atoms with E-state index >= 15 is 0 Å². The molecule has 56 heavy (non-hydrogen) atoms. The molecule has 2 aromatic heterocycles. The SMILES string of the molecule is c1ccc(-c2ccc(N(c3ccc(-c4ccccc4)cc3)c3cccc4cc(-c5ccccc5)n5nc(-c6ccccc6)c(-c6ccccc6)c5c34)cc2)cc1. The largest absolute Gasteiger partial charge is 0.310 e. The lowest BCUT2D eigenvalue weighted by Gasteiger charge is -2.28. The maximum Gasteiger partial charge on any atom is 0.101 e. The van der Waals surface area contributed by atoms with E-state index in [2.05, 4.69) is 234 Å². The van der Waals surface area contributed by atoms with E-state index < -0.39 is 0 Å². The molecule has 0 aliphatic heterocycles. The van der Waals surface area contributed by atoms with Crippen LogP contribution in [-0.2, 0) is 0 Å². The Morgan fingerprint density at radius 1 is 0.357 bits per heavy atom. The summed E-state index contributed by atoms with van der Waals surface area (Å²) >= 11 is 0. The normalized spacial score (nSPS) is 11.2. The van der Waals surface area contributed by atoms with Crippen LogP contribution in [0, 0.1) is 0 Å². The van der Waals surface area contributed by atoms with E-state index in [1.807, 2.05) is 0 Å². The molecule has 0 fully saturated rings. The van der Waals surface area contributed by atoms with Gasteiger partial charge in [0.05, 0.1) is 16.9 Å². The van der Waals surface area contributed by atoms with E-state index in [1.54, 1.807) is 0 Å². The quantitative estimate of drug-likeness (QED) is 0.156. The van der Waals surface area contributed by atoms with E-state index in [9.17, 15) is 0 Å². The smallest absolute Gasteiger partial charge is 0.101 e. The molecule has 0 atom stereocenters. The zero-order chi connectivity index (χ0) is 37.3. The van der Waals surface area contributed by atoms with Gasteiger partial charge in [-0.25, -0.2) is 4.52 Å². The van der Waals surface area contributed by atoms with Crippen molar-refractivity contribution in [3.8, 4) is 55.9 Å². The van der Waals surface area contributed by atoms with Gasteiger partial charge in [0.1, 0.15) is 5.69 Å². The van der Waals surface area contributed by atoms with E-state index in [0.29, 0.717) is 0 Å². The molecule has 0 aliphatic rings. The predicted molar refractivity (Wildman–Crippen MR) is 235 cm³/mol. The van der Waals surface area contributed by atoms with Crippen LogP contribution in [0.2, 0.25) is 0 Å². The van der Waals surface area contributed by atoms with Gasteiger partial charge in [-0.1, -0.05) is 188 Å². The Kier molecular flexibility index (Phi) is 8.51. The van der Waals surface area contributed by atoms with Crippen LogP contribution in [0.1, 0.15) is 0 Å². The summed E-state index contributed by atoms with van der Waals surface area (Å²) in [6.07, 6.45) is 0. The van der Waals surface area contributed by atoms with Crippen LogP contribution in [0.5, 0.6) is 0 Å². The van der Waals surface area contributed by atoms with Crippen molar-refractivity contribution in [2.45, 2.75) is 0 Å². The topological polar surface area (TPSA) is 20.5 Å². The van der Waals surface area contributed by atoms with Crippen LogP contribution >= 0.6 is 0 Å². The Morgan fingerprint density at radius 2 is 0.786 bits per heavy atom. The van der Waals surface area contributed by atoms with Crippen molar-refractivity contribution in [2.75, 3.05) is 4.90 Å². The van der Waals surface area contributed by atoms with Gasteiger partial charge in [0.25, 0.3) is 0 Å². The minimum atomic E-state index is 0.947. The first-order valence-electron chi connectivity index (χ1n) is 19.1. The molecule has 0 aliphatic carbocycles. The Morgan fingerprint density at radius 3 is 1.29 bits per heavy atom. The summed E-state index contributed by atoms with van der Waals surface area (Å²) in [7, 11) is 0. The highest BCUT2D eigenvalue weighted by Crippen LogP contribution is 2.47. The average Bonchev–Trinajstić information content (AvgIpc) is 3.69. The molecule has 10 aromatic rings. The Labute approximate surface area is 327 Å². The van der Waals surface area contributed by atoms with Crippen LogP contribution in [0.4, 0.5) is 17.1 Å². The lowest BCUT2D eigenvalue weighted by atomic mass is 9.95. The van der Waals surface area contributed by atoms with E-state index in [0.717, 1.165) is 67.0 Å². The second-order valence-corrected chi connectivity index (χ2v) is 14.0. The number of hydrogen-bond donors (Lipinski definition) is 0. The van der Waals surface area contributed by atoms with Crippen molar-refractivity contribution >= 4 is 33.4 Å². The van der Waals surface area contributed by atoms with Gasteiger partial charge in [-0.05, 0) is 69.6 Å². The molecule has 0 spiro atoms. The maximum absolute atomic E-state index is 5.52. The van der Waals surface area contributed by atoms with Crippen molar-refractivity contribution in [3.05, 3.63) is 224 Å². The number of benzene rings is 8. The van der Waals surface area contributed by atoms with Crippen LogP contribution in [0.15, 0.2) is 224 Å². The lowest BCUT2D eigenvalue weighted by molar-refractivity contribution is 0.979. The number of aromatic nitrogens is 2. The Hall–Kier alpha value is -7.49. The summed E-state index contributed by atoms with van der Waals surface area (Å²) in [5.41, 5.74) is 15.4. The highest BCUT2D eigenvalue weighted by atomic mass is 15.2. The molecule has 0 saturated heterocycles. The van der Waals surface area contributed by atoms with Crippen molar-refractivity contribution in [3.63, 3.8) is 0 Å². The molecule has 0 bridgehead atoms. The fraction of sp³-hybridized carbons (Fsp3) is 0. The summed E-state index contributed by atoms with van der Waals surface area (Å²) < 4.78 is 2.18. The van der Waals surface area contributed by atoms with Gasteiger partial charge in [-0.3, -0.25) is 0 Å². The van der Waals surface area contributed by atoms with Gasteiger partial charge in [-0.2, -0.15) is 5.10 Å². The molecule has 0 saturated carbocycles. The third-order valence-corrected chi connectivity index (χ3v) is 10.6. The summed E-state index contributed by atoms with van der Waals surface area (Å²) in [4.78, 5) is 2.40. The molecule has 2 heterocycles.